The number of carbonyl (C=O) groups excluding carboxylic acids is 1. The fraction of sp³-hybridized carbons (Fsp3) is 0.737. The summed E-state index contributed by atoms with van der Waals surface area (Å²) in [5.41, 5.74) is -0.782. The Labute approximate surface area is 166 Å². The highest BCUT2D eigenvalue weighted by molar-refractivity contribution is 5.93. The number of aliphatic hydroxyl groups excluding tert-OH is 6. The maximum atomic E-state index is 11.8. The minimum Gasteiger partial charge on any atom is -0.509 e. The van der Waals surface area contributed by atoms with Crippen molar-refractivity contribution >= 4 is 5.78 Å². The van der Waals surface area contributed by atoms with E-state index in [1.807, 2.05) is 0 Å². The van der Waals surface area contributed by atoms with Gasteiger partial charge in [-0.15, -0.1) is 0 Å². The van der Waals surface area contributed by atoms with Crippen LogP contribution in [0, 0.1) is 17.3 Å². The SMILES string of the molecule is O=C1C=CC2(CCC3C(O)=COC(O[C@@H]4O[C@H](CO)[C@@H](O)[C@H](O)[C@H]4O)C3C2O)C1. The lowest BCUT2D eigenvalue weighted by atomic mass is 9.61. The summed E-state index contributed by atoms with van der Waals surface area (Å²) in [7, 11) is 0. The van der Waals surface area contributed by atoms with E-state index in [2.05, 4.69) is 0 Å². The topological polar surface area (TPSA) is 166 Å². The lowest BCUT2D eigenvalue weighted by molar-refractivity contribution is -0.349. The molecule has 4 rings (SSSR count). The molecule has 2 aliphatic heterocycles. The van der Waals surface area contributed by atoms with Crippen LogP contribution in [0.4, 0.5) is 0 Å². The van der Waals surface area contributed by atoms with Crippen LogP contribution in [0.25, 0.3) is 0 Å². The molecule has 0 bridgehead atoms. The highest BCUT2D eigenvalue weighted by Gasteiger charge is 2.56. The number of allylic oxidation sites excluding steroid dienone is 2. The number of hydrogen-bond acceptors (Lipinski definition) is 10. The molecule has 10 heteroatoms. The maximum Gasteiger partial charge on any atom is 0.207 e. The Balaban J connectivity index is 1.57. The third-order valence-corrected chi connectivity index (χ3v) is 6.58. The second kappa shape index (κ2) is 7.62. The Bertz CT molecular complexity index is 705. The monoisotopic (exact) mass is 414 g/mol. The van der Waals surface area contributed by atoms with Crippen molar-refractivity contribution in [2.45, 2.75) is 62.4 Å². The van der Waals surface area contributed by atoms with Crippen LogP contribution in [-0.2, 0) is 19.0 Å². The summed E-state index contributed by atoms with van der Waals surface area (Å²) >= 11 is 0. The van der Waals surface area contributed by atoms with Crippen molar-refractivity contribution in [2.75, 3.05) is 6.61 Å². The van der Waals surface area contributed by atoms with Gasteiger partial charge in [-0.1, -0.05) is 6.08 Å². The third-order valence-electron chi connectivity index (χ3n) is 6.58. The number of carbonyl (C=O) groups is 1. The normalized spacial score (nSPS) is 49.6. The Morgan fingerprint density at radius 1 is 1.14 bits per heavy atom. The molecule has 162 valence electrons. The summed E-state index contributed by atoms with van der Waals surface area (Å²) in [6.07, 6.45) is -4.24. The number of rotatable bonds is 3. The van der Waals surface area contributed by atoms with E-state index in [1.165, 1.54) is 6.08 Å². The number of hydrogen-bond donors (Lipinski definition) is 6. The van der Waals surface area contributed by atoms with Crippen LogP contribution in [0.3, 0.4) is 0 Å². The smallest absolute Gasteiger partial charge is 0.207 e. The minimum atomic E-state index is -1.63. The van der Waals surface area contributed by atoms with Crippen molar-refractivity contribution in [3.8, 4) is 0 Å². The molecule has 1 spiro atoms. The lowest BCUT2D eigenvalue weighted by Crippen LogP contribution is -2.61. The van der Waals surface area contributed by atoms with Crippen molar-refractivity contribution in [1.29, 1.82) is 0 Å². The molecule has 1 saturated heterocycles. The predicted molar refractivity (Wildman–Crippen MR) is 93.9 cm³/mol. The molecule has 1 saturated carbocycles. The van der Waals surface area contributed by atoms with Crippen LogP contribution >= 0.6 is 0 Å². The van der Waals surface area contributed by atoms with Gasteiger partial charge in [-0.25, -0.2) is 0 Å². The van der Waals surface area contributed by atoms with Crippen LogP contribution in [0.15, 0.2) is 24.2 Å². The van der Waals surface area contributed by atoms with E-state index in [1.54, 1.807) is 6.08 Å². The van der Waals surface area contributed by atoms with E-state index >= 15 is 0 Å². The van der Waals surface area contributed by atoms with Crippen molar-refractivity contribution in [1.82, 2.24) is 0 Å². The Morgan fingerprint density at radius 3 is 2.55 bits per heavy atom. The van der Waals surface area contributed by atoms with Crippen LogP contribution < -0.4 is 0 Å². The molecule has 2 fully saturated rings. The molecule has 4 aliphatic rings. The van der Waals surface area contributed by atoms with E-state index in [0.717, 1.165) is 6.26 Å². The van der Waals surface area contributed by atoms with Crippen molar-refractivity contribution in [3.05, 3.63) is 24.2 Å². The van der Waals surface area contributed by atoms with Gasteiger partial charge in [-0.3, -0.25) is 4.79 Å². The maximum absolute atomic E-state index is 11.8. The second-order valence-electron chi connectivity index (χ2n) is 8.26. The van der Waals surface area contributed by atoms with Gasteiger partial charge < -0.3 is 44.8 Å². The van der Waals surface area contributed by atoms with Gasteiger partial charge >= 0.3 is 0 Å². The lowest BCUT2D eigenvalue weighted by Gasteiger charge is -2.50. The van der Waals surface area contributed by atoms with E-state index < -0.39 is 67.0 Å². The zero-order valence-electron chi connectivity index (χ0n) is 15.6. The van der Waals surface area contributed by atoms with E-state index in [9.17, 15) is 35.4 Å². The summed E-state index contributed by atoms with van der Waals surface area (Å²) < 4.78 is 16.5. The van der Waals surface area contributed by atoms with Gasteiger partial charge in [-0.05, 0) is 18.9 Å². The fourth-order valence-electron chi connectivity index (χ4n) is 4.88. The van der Waals surface area contributed by atoms with E-state index in [4.69, 9.17) is 14.2 Å². The molecule has 29 heavy (non-hydrogen) atoms. The molecule has 0 amide bonds. The largest absolute Gasteiger partial charge is 0.509 e. The zero-order chi connectivity index (χ0) is 20.9. The van der Waals surface area contributed by atoms with E-state index in [-0.39, 0.29) is 18.0 Å². The van der Waals surface area contributed by atoms with Crippen molar-refractivity contribution in [3.63, 3.8) is 0 Å². The molecular weight excluding hydrogens is 388 g/mol. The summed E-state index contributed by atoms with van der Waals surface area (Å²) in [5.74, 6) is -1.39. The Kier molecular flexibility index (Phi) is 5.45. The third kappa shape index (κ3) is 3.38. The Morgan fingerprint density at radius 2 is 1.90 bits per heavy atom. The number of ether oxygens (including phenoxy) is 3. The molecule has 2 heterocycles. The highest BCUT2D eigenvalue weighted by atomic mass is 16.8. The van der Waals surface area contributed by atoms with Gasteiger partial charge in [0.2, 0.25) is 6.29 Å². The van der Waals surface area contributed by atoms with E-state index in [0.29, 0.717) is 12.8 Å². The highest BCUT2D eigenvalue weighted by Crippen LogP contribution is 2.52. The van der Waals surface area contributed by atoms with Gasteiger partial charge in [0.05, 0.1) is 18.6 Å². The first kappa shape index (κ1) is 20.7. The zero-order valence-corrected chi connectivity index (χ0v) is 15.6. The first-order valence-corrected chi connectivity index (χ1v) is 9.68. The first-order valence-electron chi connectivity index (χ1n) is 9.68. The van der Waals surface area contributed by atoms with Gasteiger partial charge in [0.25, 0.3) is 0 Å². The summed E-state index contributed by atoms with van der Waals surface area (Å²) in [6.45, 7) is -0.609. The minimum absolute atomic E-state index is 0.0501. The van der Waals surface area contributed by atoms with Gasteiger partial charge in [0, 0.05) is 17.8 Å². The summed E-state index contributed by atoms with van der Waals surface area (Å²) in [5, 5.41) is 60.8. The first-order chi connectivity index (χ1) is 13.8. The van der Waals surface area contributed by atoms with Crippen LogP contribution in [0.1, 0.15) is 19.3 Å². The molecule has 0 aromatic rings. The van der Waals surface area contributed by atoms with Crippen LogP contribution in [0.5, 0.6) is 0 Å². The number of fused-ring (bicyclic) bond motifs is 1. The molecule has 2 aliphatic carbocycles. The van der Waals surface area contributed by atoms with Crippen molar-refractivity contribution < 1.29 is 49.6 Å². The summed E-state index contributed by atoms with van der Waals surface area (Å²) in [4.78, 5) is 11.8. The molecule has 10 nitrogen and oxygen atoms in total. The van der Waals surface area contributed by atoms with Crippen LogP contribution in [0.2, 0.25) is 0 Å². The van der Waals surface area contributed by atoms with Crippen molar-refractivity contribution in [2.24, 2.45) is 17.3 Å². The molecule has 10 atom stereocenters. The average molecular weight is 414 g/mol. The number of aliphatic hydroxyl groups is 6. The molecule has 6 N–H and O–H groups in total. The molecular formula is C19H26O10. The standard InChI is InChI=1S/C19H26O10/c20-6-11-13(23)14(24)15(25)18(28-11)29-17-12-9(10(22)7-27-17)2-4-19(16(12)26)3-1-8(21)5-19/h1,3,7,9,11-18,20,22-26H,2,4-6H2/t9?,11-,12?,13-,14+,15-,16?,17?,18+,19?/m1/s1. The average Bonchev–Trinajstić information content (AvgIpc) is 3.08. The molecule has 0 aromatic heterocycles. The quantitative estimate of drug-likeness (QED) is 0.319. The molecule has 5 unspecified atom stereocenters. The fourth-order valence-corrected chi connectivity index (χ4v) is 4.88. The van der Waals surface area contributed by atoms with Gasteiger partial charge in [0.15, 0.2) is 12.1 Å². The Hall–Kier alpha value is -1.53. The molecule has 0 radical (unpaired) electrons. The van der Waals surface area contributed by atoms with Gasteiger partial charge in [0.1, 0.15) is 36.4 Å². The predicted octanol–water partition coefficient (Wildman–Crippen LogP) is -1.54. The van der Waals surface area contributed by atoms with Crippen LogP contribution in [-0.4, -0.2) is 86.1 Å². The molecule has 0 aromatic carbocycles. The summed E-state index contributed by atoms with van der Waals surface area (Å²) in [6, 6.07) is 0. The number of ketones is 1. The second-order valence-corrected chi connectivity index (χ2v) is 8.26. The van der Waals surface area contributed by atoms with Gasteiger partial charge in [-0.2, -0.15) is 0 Å².